The minimum absolute atomic E-state index is 0. The van der Waals surface area contributed by atoms with E-state index in [-0.39, 0.29) is 30.0 Å². The maximum atomic E-state index is 13.2. The Kier molecular flexibility index (Phi) is 9.91. The summed E-state index contributed by atoms with van der Waals surface area (Å²) in [5.74, 6) is 0.830. The molecule has 5 nitrogen and oxygen atoms in total. The molecule has 1 atom stereocenters. The number of carbonyl (C=O) groups is 1. The zero-order valence-electron chi connectivity index (χ0n) is 23.0. The summed E-state index contributed by atoms with van der Waals surface area (Å²) in [6, 6.07) is 12.9. The van der Waals surface area contributed by atoms with Crippen LogP contribution in [0.4, 0.5) is 10.1 Å². The molecule has 2 aromatic carbocycles. The van der Waals surface area contributed by atoms with E-state index < -0.39 is 5.60 Å². The summed E-state index contributed by atoms with van der Waals surface area (Å²) in [4.78, 5) is 19.4. The van der Waals surface area contributed by atoms with E-state index in [0.29, 0.717) is 6.42 Å². The molecule has 204 valence electrons. The molecule has 1 unspecified atom stereocenters. The number of rotatable bonds is 10. The Morgan fingerprint density at radius 2 is 1.87 bits per heavy atom. The lowest BCUT2D eigenvalue weighted by atomic mass is 9.84. The van der Waals surface area contributed by atoms with Crippen LogP contribution in [0.3, 0.4) is 0 Å². The predicted octanol–water partition coefficient (Wildman–Crippen LogP) is 7.34. The molecule has 7 heteroatoms. The van der Waals surface area contributed by atoms with Gasteiger partial charge in [-0.3, -0.25) is 9.78 Å². The fourth-order valence-electron chi connectivity index (χ4n) is 5.03. The minimum Gasteiger partial charge on any atom is -0.482 e. The second kappa shape index (κ2) is 12.7. The summed E-state index contributed by atoms with van der Waals surface area (Å²) in [5.41, 5.74) is 5.47. The highest BCUT2D eigenvalue weighted by molar-refractivity contribution is 5.98. The van der Waals surface area contributed by atoms with Crippen LogP contribution >= 0.6 is 12.4 Å². The van der Waals surface area contributed by atoms with Crippen LogP contribution in [0.1, 0.15) is 69.1 Å². The quantitative estimate of drug-likeness (QED) is 0.293. The van der Waals surface area contributed by atoms with Gasteiger partial charge in [0.1, 0.15) is 17.2 Å². The van der Waals surface area contributed by atoms with Crippen LogP contribution in [0.25, 0.3) is 11.1 Å². The van der Waals surface area contributed by atoms with Crippen LogP contribution in [0.5, 0.6) is 5.75 Å². The molecular formula is C31H39ClFN3O2. The van der Waals surface area contributed by atoms with Gasteiger partial charge in [0, 0.05) is 35.5 Å². The molecule has 1 aliphatic heterocycles. The molecule has 1 amide bonds. The van der Waals surface area contributed by atoms with E-state index in [1.165, 1.54) is 12.1 Å². The number of aromatic nitrogens is 1. The fraction of sp³-hybridized carbons (Fsp3) is 0.419. The van der Waals surface area contributed by atoms with Crippen LogP contribution in [0, 0.1) is 5.82 Å². The van der Waals surface area contributed by atoms with E-state index in [2.05, 4.69) is 48.1 Å². The summed E-state index contributed by atoms with van der Waals surface area (Å²) in [5, 5.41) is 3.19. The topological polar surface area (TPSA) is 54.5 Å². The number of nitrogens with zero attached hydrogens (tertiary/aromatic N) is 2. The molecule has 1 N–H and O–H groups in total. The number of anilines is 1. The number of benzene rings is 2. The summed E-state index contributed by atoms with van der Waals surface area (Å²) in [6.45, 7) is 7.19. The minimum atomic E-state index is -0.511. The van der Waals surface area contributed by atoms with Crippen LogP contribution in [-0.2, 0) is 16.8 Å². The number of pyridine rings is 1. The highest BCUT2D eigenvalue weighted by Crippen LogP contribution is 2.49. The van der Waals surface area contributed by atoms with Crippen LogP contribution in [0.15, 0.2) is 54.9 Å². The van der Waals surface area contributed by atoms with Crippen molar-refractivity contribution in [3.63, 3.8) is 0 Å². The molecule has 0 saturated carbocycles. The van der Waals surface area contributed by atoms with Crippen LogP contribution in [0.2, 0.25) is 0 Å². The third-order valence-electron chi connectivity index (χ3n) is 7.10. The molecule has 0 fully saturated rings. The van der Waals surface area contributed by atoms with E-state index in [0.717, 1.165) is 71.5 Å². The molecule has 1 aromatic heterocycles. The molecule has 1 aliphatic rings. The van der Waals surface area contributed by atoms with Gasteiger partial charge in [-0.15, -0.1) is 12.4 Å². The lowest BCUT2D eigenvalue weighted by Crippen LogP contribution is -2.30. The zero-order chi connectivity index (χ0) is 26.6. The van der Waals surface area contributed by atoms with Gasteiger partial charge in [-0.25, -0.2) is 4.39 Å². The largest absolute Gasteiger partial charge is 0.482 e. The number of fused-ring (bicyclic) bond motifs is 3. The Balaban J connectivity index is 0.00000400. The summed E-state index contributed by atoms with van der Waals surface area (Å²) < 4.78 is 19.8. The SMILES string of the molecule is CC(CCCc1ccc(F)cc1)c1cc(NC(=O)CCCN(C)C)c2c(c1)OC(C)(C)c1ccncc1-2.Cl. The molecule has 0 spiro atoms. The van der Waals surface area contributed by atoms with Crippen molar-refractivity contribution in [3.8, 4) is 16.9 Å². The fourth-order valence-corrected chi connectivity index (χ4v) is 5.03. The van der Waals surface area contributed by atoms with E-state index in [1.807, 2.05) is 38.5 Å². The lowest BCUT2D eigenvalue weighted by molar-refractivity contribution is -0.116. The lowest BCUT2D eigenvalue weighted by Gasteiger charge is -2.36. The molecule has 0 radical (unpaired) electrons. The highest BCUT2D eigenvalue weighted by Gasteiger charge is 2.35. The average molecular weight is 540 g/mol. The van der Waals surface area contributed by atoms with E-state index in [9.17, 15) is 9.18 Å². The summed E-state index contributed by atoms with van der Waals surface area (Å²) in [6.07, 6.45) is 7.74. The number of halogens is 2. The summed E-state index contributed by atoms with van der Waals surface area (Å²) in [7, 11) is 4.02. The van der Waals surface area contributed by atoms with E-state index >= 15 is 0 Å². The monoisotopic (exact) mass is 539 g/mol. The van der Waals surface area contributed by atoms with Crippen molar-refractivity contribution in [1.82, 2.24) is 9.88 Å². The van der Waals surface area contributed by atoms with Gasteiger partial charge in [-0.05, 0) is 108 Å². The first-order valence-electron chi connectivity index (χ1n) is 13.1. The number of hydrogen-bond acceptors (Lipinski definition) is 4. The molecule has 0 saturated heterocycles. The average Bonchev–Trinajstić information content (AvgIpc) is 2.84. The number of hydrogen-bond donors (Lipinski definition) is 1. The number of ether oxygens (including phenoxy) is 1. The molecule has 4 rings (SSSR count). The first-order valence-corrected chi connectivity index (χ1v) is 13.1. The van der Waals surface area contributed by atoms with Gasteiger partial charge in [0.15, 0.2) is 0 Å². The van der Waals surface area contributed by atoms with Crippen molar-refractivity contribution in [2.24, 2.45) is 0 Å². The van der Waals surface area contributed by atoms with Crippen molar-refractivity contribution in [1.29, 1.82) is 0 Å². The second-order valence-electron chi connectivity index (χ2n) is 10.8. The standard InChI is InChI=1S/C31H38FN3O2.ClH/c1-21(8-6-9-22-11-13-24(32)14-12-22)23-18-27(34-29(36)10-7-17-35(4)5)30-25-20-33-16-15-26(25)31(2,3)37-28(30)19-23;/h11-16,18-21H,6-10,17H2,1-5H3,(H,34,36);1H. The first-order chi connectivity index (χ1) is 17.6. The second-order valence-corrected chi connectivity index (χ2v) is 10.8. The van der Waals surface area contributed by atoms with Gasteiger partial charge in [0.2, 0.25) is 5.91 Å². The van der Waals surface area contributed by atoms with Crippen molar-refractivity contribution in [2.75, 3.05) is 26.0 Å². The Hall–Kier alpha value is -2.96. The van der Waals surface area contributed by atoms with Crippen molar-refractivity contribution < 1.29 is 13.9 Å². The number of carbonyl (C=O) groups excluding carboxylic acids is 1. The third kappa shape index (κ3) is 7.12. The first kappa shape index (κ1) is 29.6. The molecule has 0 bridgehead atoms. The van der Waals surface area contributed by atoms with Gasteiger partial charge in [-0.1, -0.05) is 19.1 Å². The smallest absolute Gasteiger partial charge is 0.224 e. The van der Waals surface area contributed by atoms with Gasteiger partial charge in [-0.2, -0.15) is 0 Å². The molecule has 2 heterocycles. The highest BCUT2D eigenvalue weighted by atomic mass is 35.5. The zero-order valence-corrected chi connectivity index (χ0v) is 23.8. The van der Waals surface area contributed by atoms with E-state index in [4.69, 9.17) is 4.74 Å². The Bertz CT molecular complexity index is 1240. The van der Waals surface area contributed by atoms with E-state index in [1.54, 1.807) is 6.20 Å². The number of amides is 1. The van der Waals surface area contributed by atoms with Crippen molar-refractivity contribution in [2.45, 2.75) is 64.4 Å². The number of nitrogens with one attached hydrogen (secondary N) is 1. The predicted molar refractivity (Wildman–Crippen MR) is 155 cm³/mol. The van der Waals surface area contributed by atoms with Gasteiger partial charge >= 0.3 is 0 Å². The molecule has 0 aliphatic carbocycles. The third-order valence-corrected chi connectivity index (χ3v) is 7.10. The normalized spacial score (nSPS) is 14.1. The Morgan fingerprint density at radius 1 is 1.13 bits per heavy atom. The van der Waals surface area contributed by atoms with Gasteiger partial charge in [0.05, 0.1) is 5.69 Å². The molecule has 3 aromatic rings. The maximum Gasteiger partial charge on any atom is 0.224 e. The summed E-state index contributed by atoms with van der Waals surface area (Å²) >= 11 is 0. The molecule has 38 heavy (non-hydrogen) atoms. The Labute approximate surface area is 232 Å². The maximum absolute atomic E-state index is 13.2. The van der Waals surface area contributed by atoms with Gasteiger partial charge in [0.25, 0.3) is 0 Å². The van der Waals surface area contributed by atoms with Gasteiger partial charge < -0.3 is 15.0 Å². The Morgan fingerprint density at radius 3 is 2.58 bits per heavy atom. The number of aryl methyl sites for hydroxylation is 1. The van der Waals surface area contributed by atoms with Crippen molar-refractivity contribution in [3.05, 3.63) is 77.4 Å². The molecular weight excluding hydrogens is 501 g/mol. The van der Waals surface area contributed by atoms with Crippen LogP contribution < -0.4 is 10.1 Å². The van der Waals surface area contributed by atoms with Crippen LogP contribution in [-0.4, -0.2) is 36.4 Å². The van der Waals surface area contributed by atoms with Crippen molar-refractivity contribution >= 4 is 24.0 Å².